The number of hydrogen-bond donors (Lipinski definition) is 0. The zero-order valence-electron chi connectivity index (χ0n) is 18.9. The highest BCUT2D eigenvalue weighted by molar-refractivity contribution is 8.00. The van der Waals surface area contributed by atoms with Crippen molar-refractivity contribution in [3.05, 3.63) is 60.7 Å². The fourth-order valence-corrected chi connectivity index (χ4v) is 4.44. The third-order valence-corrected chi connectivity index (χ3v) is 7.12. The third kappa shape index (κ3) is 5.30. The van der Waals surface area contributed by atoms with Crippen LogP contribution >= 0.6 is 23.5 Å². The van der Waals surface area contributed by atoms with Crippen molar-refractivity contribution >= 4 is 23.5 Å². The quantitative estimate of drug-likeness (QED) is 0.163. The van der Waals surface area contributed by atoms with Gasteiger partial charge in [-0.3, -0.25) is 0 Å². The molecule has 2 aromatic carbocycles. The monoisotopic (exact) mass is 668 g/mol. The average Bonchev–Trinajstić information content (AvgIpc) is 2.83. The molecular formula is C21H10F18S2. The second-order valence-electron chi connectivity index (χ2n) is 7.88. The fourth-order valence-electron chi connectivity index (χ4n) is 2.75. The Morgan fingerprint density at radius 3 is 0.707 bits per heavy atom. The normalized spacial score (nSPS) is 15.3. The molecule has 0 aliphatic heterocycles. The van der Waals surface area contributed by atoms with Gasteiger partial charge < -0.3 is 0 Å². The SMILES string of the molecule is FC(F)(Sc1ccccc1)C(F)(F)C(F)(F)C(F)(F)C(F)(F)C(F)(F)C(F)(F)C(F)(F)C(F)(F)Sc1ccccc1. The smallest absolute Gasteiger partial charge is 0.192 e. The van der Waals surface area contributed by atoms with Crippen LogP contribution in [0.3, 0.4) is 0 Å². The first kappa shape index (κ1) is 35.1. The first-order chi connectivity index (χ1) is 18.2. The number of alkyl halides is 18. The Balaban J connectivity index is 2.57. The van der Waals surface area contributed by atoms with Crippen molar-refractivity contribution in [1.82, 2.24) is 0 Å². The highest BCUT2D eigenvalue weighted by Crippen LogP contribution is 2.67. The molecule has 0 N–H and O–H groups in total. The lowest BCUT2D eigenvalue weighted by Crippen LogP contribution is -2.75. The minimum atomic E-state index is -8.79. The molecule has 0 amide bonds. The second-order valence-corrected chi connectivity index (χ2v) is 10.3. The van der Waals surface area contributed by atoms with Crippen molar-refractivity contribution in [1.29, 1.82) is 0 Å². The predicted octanol–water partition coefficient (Wildman–Crippen LogP) is 10.2. The molecule has 0 aromatic heterocycles. The van der Waals surface area contributed by atoms with Crippen LogP contribution in [0.1, 0.15) is 0 Å². The summed E-state index contributed by atoms with van der Waals surface area (Å²) < 4.78 is 252. The van der Waals surface area contributed by atoms with Crippen LogP contribution in [0.5, 0.6) is 0 Å². The molecule has 41 heavy (non-hydrogen) atoms. The molecule has 0 atom stereocenters. The fraction of sp³-hybridized carbons (Fsp3) is 0.429. The Hall–Kier alpha value is -2.12. The Morgan fingerprint density at radius 2 is 0.488 bits per heavy atom. The van der Waals surface area contributed by atoms with Gasteiger partial charge in [0.15, 0.2) is 0 Å². The lowest BCUT2D eigenvalue weighted by molar-refractivity contribution is -0.454. The number of halogens is 18. The van der Waals surface area contributed by atoms with Crippen molar-refractivity contribution in [3.8, 4) is 0 Å². The highest BCUT2D eigenvalue weighted by atomic mass is 32.2. The zero-order valence-corrected chi connectivity index (χ0v) is 20.5. The van der Waals surface area contributed by atoms with E-state index in [0.29, 0.717) is 24.3 Å². The average molecular weight is 668 g/mol. The van der Waals surface area contributed by atoms with Crippen LogP contribution in [0.2, 0.25) is 0 Å². The van der Waals surface area contributed by atoms with E-state index in [4.69, 9.17) is 0 Å². The molecule has 0 saturated heterocycles. The van der Waals surface area contributed by atoms with Gasteiger partial charge in [-0.05, 0) is 47.8 Å². The lowest BCUT2D eigenvalue weighted by Gasteiger charge is -2.44. The Labute approximate surface area is 225 Å². The van der Waals surface area contributed by atoms with Crippen molar-refractivity contribution in [3.63, 3.8) is 0 Å². The first-order valence-electron chi connectivity index (χ1n) is 10.0. The molecule has 0 fully saturated rings. The molecule has 0 heterocycles. The van der Waals surface area contributed by atoms with E-state index in [-0.39, 0.29) is 0 Å². The maximum atomic E-state index is 14.0. The van der Waals surface area contributed by atoms with E-state index in [1.54, 1.807) is 0 Å². The summed E-state index contributed by atoms with van der Waals surface area (Å²) in [7, 11) is 0. The number of rotatable bonds is 12. The van der Waals surface area contributed by atoms with Crippen LogP contribution in [0.25, 0.3) is 0 Å². The van der Waals surface area contributed by atoms with Gasteiger partial charge >= 0.3 is 52.0 Å². The zero-order chi connectivity index (χ0) is 32.1. The predicted molar refractivity (Wildman–Crippen MR) is 109 cm³/mol. The first-order valence-corrected chi connectivity index (χ1v) is 11.7. The molecule has 20 heteroatoms. The number of hydrogen-bond acceptors (Lipinski definition) is 2. The van der Waals surface area contributed by atoms with Crippen LogP contribution < -0.4 is 0 Å². The van der Waals surface area contributed by atoms with E-state index in [1.807, 2.05) is 0 Å². The van der Waals surface area contributed by atoms with Gasteiger partial charge in [0.25, 0.3) is 0 Å². The lowest BCUT2D eigenvalue weighted by atomic mass is 9.89. The second kappa shape index (κ2) is 10.6. The van der Waals surface area contributed by atoms with Crippen LogP contribution in [0.4, 0.5) is 79.0 Å². The molecule has 0 bridgehead atoms. The molecule has 0 nitrogen and oxygen atoms in total. The van der Waals surface area contributed by atoms with Gasteiger partial charge in [-0.2, -0.15) is 79.0 Å². The largest absolute Gasteiger partial charge is 0.388 e. The molecule has 0 saturated carbocycles. The molecule has 0 unspecified atom stereocenters. The van der Waals surface area contributed by atoms with E-state index in [0.717, 1.165) is 36.4 Å². The number of thioether (sulfide) groups is 2. The van der Waals surface area contributed by atoms with Crippen LogP contribution in [0.15, 0.2) is 70.5 Å². The Bertz CT molecular complexity index is 1090. The van der Waals surface area contributed by atoms with E-state index in [1.165, 1.54) is 0 Å². The van der Waals surface area contributed by atoms with Gasteiger partial charge in [0.2, 0.25) is 0 Å². The van der Waals surface area contributed by atoms with Crippen molar-refractivity contribution in [2.45, 2.75) is 61.8 Å². The molecule has 2 rings (SSSR count). The molecule has 232 valence electrons. The van der Waals surface area contributed by atoms with Crippen molar-refractivity contribution < 1.29 is 79.0 Å². The summed E-state index contributed by atoms with van der Waals surface area (Å²) in [6.45, 7) is 0. The summed E-state index contributed by atoms with van der Waals surface area (Å²) >= 11 is -3.34. The van der Waals surface area contributed by atoms with E-state index < -0.39 is 85.3 Å². The van der Waals surface area contributed by atoms with Crippen molar-refractivity contribution in [2.75, 3.05) is 0 Å². The number of benzene rings is 2. The third-order valence-electron chi connectivity index (χ3n) is 5.08. The van der Waals surface area contributed by atoms with E-state index in [9.17, 15) is 79.0 Å². The maximum absolute atomic E-state index is 14.0. The van der Waals surface area contributed by atoms with Crippen LogP contribution in [-0.2, 0) is 0 Å². The van der Waals surface area contributed by atoms with E-state index >= 15 is 0 Å². The van der Waals surface area contributed by atoms with Crippen molar-refractivity contribution in [2.24, 2.45) is 0 Å². The van der Waals surface area contributed by atoms with Gasteiger partial charge in [0.1, 0.15) is 0 Å². The summed E-state index contributed by atoms with van der Waals surface area (Å²) in [4.78, 5) is -2.20. The van der Waals surface area contributed by atoms with Crippen LogP contribution in [-0.4, -0.2) is 52.0 Å². The molecule has 0 radical (unpaired) electrons. The molecule has 2 aromatic rings. The summed E-state index contributed by atoms with van der Waals surface area (Å²) in [6, 6.07) is 7.30. The topological polar surface area (TPSA) is 0 Å². The molecular weight excluding hydrogens is 658 g/mol. The van der Waals surface area contributed by atoms with Gasteiger partial charge in [0, 0.05) is 9.79 Å². The molecule has 0 aliphatic carbocycles. The molecule has 0 spiro atoms. The summed E-state index contributed by atoms with van der Waals surface area (Å²) in [5.74, 6) is -58.6. The van der Waals surface area contributed by atoms with E-state index in [2.05, 4.69) is 0 Å². The molecule has 0 aliphatic rings. The van der Waals surface area contributed by atoms with Gasteiger partial charge in [-0.15, -0.1) is 0 Å². The van der Waals surface area contributed by atoms with Crippen LogP contribution in [0, 0.1) is 0 Å². The maximum Gasteiger partial charge on any atom is 0.388 e. The Morgan fingerprint density at radius 1 is 0.293 bits per heavy atom. The van der Waals surface area contributed by atoms with Gasteiger partial charge in [0.05, 0.1) is 0 Å². The minimum absolute atomic E-state index is 0.490. The van der Waals surface area contributed by atoms with Gasteiger partial charge in [-0.1, -0.05) is 36.4 Å². The standard InChI is InChI=1S/C21H10F18S2/c22-13(23,14(24,25)16(28,29)18(32,33)20(36,37)40-11-7-3-1-4-8-11)15(26,27)17(30,31)19(34,35)21(38,39)41-12-9-5-2-6-10-12/h1-10H. The summed E-state index contributed by atoms with van der Waals surface area (Å²) in [6.07, 6.45) is 0. The summed E-state index contributed by atoms with van der Waals surface area (Å²) in [5, 5.41) is -13.1. The Kier molecular flexibility index (Phi) is 9.03. The summed E-state index contributed by atoms with van der Waals surface area (Å²) in [5.41, 5.74) is 0. The van der Waals surface area contributed by atoms with Gasteiger partial charge in [-0.25, -0.2) is 0 Å². The highest BCUT2D eigenvalue weighted by Gasteiger charge is 2.96. The minimum Gasteiger partial charge on any atom is -0.192 e.